The van der Waals surface area contributed by atoms with Crippen LogP contribution >= 0.6 is 0 Å². The van der Waals surface area contributed by atoms with Crippen LogP contribution in [-0.4, -0.2) is 31.1 Å². The SMILES string of the molecule is CC(C)C(O)Cn1nc(-c2ccc(F)cn2)cc1CO. The fraction of sp³-hybridized carbons (Fsp3) is 0.429. The van der Waals surface area contributed by atoms with Crippen LogP contribution in [0.4, 0.5) is 4.39 Å². The van der Waals surface area contributed by atoms with Gasteiger partial charge in [-0.2, -0.15) is 5.10 Å². The summed E-state index contributed by atoms with van der Waals surface area (Å²) in [6.07, 6.45) is 0.574. The van der Waals surface area contributed by atoms with Crippen molar-refractivity contribution >= 4 is 0 Å². The van der Waals surface area contributed by atoms with Crippen LogP contribution in [0.3, 0.4) is 0 Å². The third-order valence-corrected chi connectivity index (χ3v) is 3.14. The second kappa shape index (κ2) is 6.11. The molecule has 1 atom stereocenters. The monoisotopic (exact) mass is 279 g/mol. The Morgan fingerprint density at radius 2 is 2.05 bits per heavy atom. The van der Waals surface area contributed by atoms with Gasteiger partial charge in [0.25, 0.3) is 0 Å². The van der Waals surface area contributed by atoms with Crippen LogP contribution in [0.2, 0.25) is 0 Å². The molecule has 2 N–H and O–H groups in total. The molecule has 0 aromatic carbocycles. The lowest BCUT2D eigenvalue weighted by Crippen LogP contribution is -2.23. The van der Waals surface area contributed by atoms with Crippen LogP contribution < -0.4 is 0 Å². The summed E-state index contributed by atoms with van der Waals surface area (Å²) in [6, 6.07) is 4.53. The van der Waals surface area contributed by atoms with Gasteiger partial charge in [-0.05, 0) is 24.1 Å². The molecule has 2 aromatic heterocycles. The third kappa shape index (κ3) is 3.20. The molecule has 108 valence electrons. The molecule has 1 unspecified atom stereocenters. The molecule has 0 saturated heterocycles. The molecule has 0 bridgehead atoms. The lowest BCUT2D eigenvalue weighted by atomic mass is 10.1. The number of aliphatic hydroxyl groups is 2. The average Bonchev–Trinajstić information content (AvgIpc) is 2.82. The first-order valence-corrected chi connectivity index (χ1v) is 6.49. The summed E-state index contributed by atoms with van der Waals surface area (Å²) in [5.74, 6) is -0.316. The van der Waals surface area contributed by atoms with Gasteiger partial charge in [-0.15, -0.1) is 0 Å². The first kappa shape index (κ1) is 14.6. The number of aromatic nitrogens is 3. The van der Waals surface area contributed by atoms with Gasteiger partial charge in [0, 0.05) is 0 Å². The Balaban J connectivity index is 2.28. The number of aliphatic hydroxyl groups excluding tert-OH is 2. The van der Waals surface area contributed by atoms with Gasteiger partial charge < -0.3 is 10.2 Å². The molecular weight excluding hydrogens is 261 g/mol. The molecule has 6 heteroatoms. The first-order chi connectivity index (χ1) is 9.51. The van der Waals surface area contributed by atoms with Gasteiger partial charge in [0.1, 0.15) is 11.5 Å². The highest BCUT2D eigenvalue weighted by molar-refractivity contribution is 5.53. The largest absolute Gasteiger partial charge is 0.391 e. The average molecular weight is 279 g/mol. The van der Waals surface area contributed by atoms with E-state index in [4.69, 9.17) is 0 Å². The molecule has 0 spiro atoms. The smallest absolute Gasteiger partial charge is 0.141 e. The van der Waals surface area contributed by atoms with E-state index in [-0.39, 0.29) is 12.5 Å². The van der Waals surface area contributed by atoms with Gasteiger partial charge in [0.05, 0.1) is 36.8 Å². The minimum Gasteiger partial charge on any atom is -0.391 e. The van der Waals surface area contributed by atoms with Crippen molar-refractivity contribution < 1.29 is 14.6 Å². The summed E-state index contributed by atoms with van der Waals surface area (Å²) in [4.78, 5) is 3.96. The number of hydrogen-bond donors (Lipinski definition) is 2. The van der Waals surface area contributed by atoms with Gasteiger partial charge in [0.15, 0.2) is 0 Å². The molecule has 2 aromatic rings. The van der Waals surface area contributed by atoms with E-state index in [1.54, 1.807) is 10.7 Å². The summed E-state index contributed by atoms with van der Waals surface area (Å²) in [6.45, 7) is 3.94. The maximum absolute atomic E-state index is 12.9. The molecule has 2 rings (SSSR count). The molecule has 2 heterocycles. The van der Waals surface area contributed by atoms with Crippen LogP contribution in [0.1, 0.15) is 19.5 Å². The van der Waals surface area contributed by atoms with Gasteiger partial charge in [-0.1, -0.05) is 13.8 Å². The Kier molecular flexibility index (Phi) is 4.46. The molecule has 0 amide bonds. The Labute approximate surface area is 116 Å². The number of halogens is 1. The predicted octanol–water partition coefficient (Wildman–Crippen LogP) is 1.59. The van der Waals surface area contributed by atoms with Gasteiger partial charge in [-0.3, -0.25) is 9.67 Å². The van der Waals surface area contributed by atoms with Crippen molar-refractivity contribution in [2.75, 3.05) is 0 Å². The van der Waals surface area contributed by atoms with Crippen molar-refractivity contribution in [1.82, 2.24) is 14.8 Å². The zero-order valence-corrected chi connectivity index (χ0v) is 11.5. The van der Waals surface area contributed by atoms with Crippen molar-refractivity contribution in [3.63, 3.8) is 0 Å². The molecule has 0 aliphatic heterocycles. The number of nitrogens with zero attached hydrogens (tertiary/aromatic N) is 3. The number of rotatable bonds is 5. The second-order valence-electron chi connectivity index (χ2n) is 5.03. The molecule has 0 aliphatic rings. The summed E-state index contributed by atoms with van der Waals surface area (Å²) >= 11 is 0. The van der Waals surface area contributed by atoms with E-state index in [0.717, 1.165) is 6.20 Å². The fourth-order valence-corrected chi connectivity index (χ4v) is 1.78. The summed E-state index contributed by atoms with van der Waals surface area (Å²) < 4.78 is 14.4. The maximum atomic E-state index is 12.9. The van der Waals surface area contributed by atoms with E-state index in [0.29, 0.717) is 23.6 Å². The zero-order chi connectivity index (χ0) is 14.7. The van der Waals surface area contributed by atoms with E-state index in [1.165, 1.54) is 12.1 Å². The van der Waals surface area contributed by atoms with Gasteiger partial charge in [0.2, 0.25) is 0 Å². The summed E-state index contributed by atoms with van der Waals surface area (Å²) in [5.41, 5.74) is 1.66. The summed E-state index contributed by atoms with van der Waals surface area (Å²) in [5, 5.41) is 23.6. The van der Waals surface area contributed by atoms with E-state index < -0.39 is 11.9 Å². The quantitative estimate of drug-likeness (QED) is 0.872. The Hall–Kier alpha value is -1.79. The molecule has 0 radical (unpaired) electrons. The highest BCUT2D eigenvalue weighted by Crippen LogP contribution is 2.18. The van der Waals surface area contributed by atoms with Crippen molar-refractivity contribution in [3.05, 3.63) is 35.9 Å². The molecule has 5 nitrogen and oxygen atoms in total. The highest BCUT2D eigenvalue weighted by Gasteiger charge is 2.15. The first-order valence-electron chi connectivity index (χ1n) is 6.49. The fourth-order valence-electron chi connectivity index (χ4n) is 1.78. The number of pyridine rings is 1. The molecule has 20 heavy (non-hydrogen) atoms. The molecule has 0 aliphatic carbocycles. The van der Waals surface area contributed by atoms with Crippen molar-refractivity contribution in [3.8, 4) is 11.4 Å². The standard InChI is InChI=1S/C14H18FN3O2/c1-9(2)14(20)7-18-11(8-19)5-13(17-18)12-4-3-10(15)6-16-12/h3-6,9,14,19-20H,7-8H2,1-2H3. The van der Waals surface area contributed by atoms with Crippen LogP contribution in [0.15, 0.2) is 24.4 Å². The van der Waals surface area contributed by atoms with Crippen LogP contribution in [-0.2, 0) is 13.2 Å². The van der Waals surface area contributed by atoms with Gasteiger partial charge in [-0.25, -0.2) is 4.39 Å². The molecule has 0 fully saturated rings. The minimum absolute atomic E-state index is 0.0955. The van der Waals surface area contributed by atoms with E-state index in [1.807, 2.05) is 13.8 Å². The van der Waals surface area contributed by atoms with Crippen LogP contribution in [0.25, 0.3) is 11.4 Å². The van der Waals surface area contributed by atoms with Crippen LogP contribution in [0.5, 0.6) is 0 Å². The van der Waals surface area contributed by atoms with Crippen molar-refractivity contribution in [2.24, 2.45) is 5.92 Å². The zero-order valence-electron chi connectivity index (χ0n) is 11.5. The third-order valence-electron chi connectivity index (χ3n) is 3.14. The highest BCUT2D eigenvalue weighted by atomic mass is 19.1. The lowest BCUT2D eigenvalue weighted by Gasteiger charge is -2.15. The second-order valence-corrected chi connectivity index (χ2v) is 5.03. The summed E-state index contributed by atoms with van der Waals surface area (Å²) in [7, 11) is 0. The lowest BCUT2D eigenvalue weighted by molar-refractivity contribution is 0.100. The van der Waals surface area contributed by atoms with E-state index >= 15 is 0 Å². The Morgan fingerprint density at radius 3 is 2.60 bits per heavy atom. The maximum Gasteiger partial charge on any atom is 0.141 e. The van der Waals surface area contributed by atoms with Gasteiger partial charge >= 0.3 is 0 Å². The van der Waals surface area contributed by atoms with Crippen LogP contribution in [0, 0.1) is 11.7 Å². The van der Waals surface area contributed by atoms with Crippen molar-refractivity contribution in [2.45, 2.75) is 33.1 Å². The predicted molar refractivity (Wildman–Crippen MR) is 72.2 cm³/mol. The number of hydrogen-bond acceptors (Lipinski definition) is 4. The molecular formula is C14H18FN3O2. The van der Waals surface area contributed by atoms with E-state index in [2.05, 4.69) is 10.1 Å². The minimum atomic E-state index is -0.547. The molecule has 0 saturated carbocycles. The van der Waals surface area contributed by atoms with Crippen molar-refractivity contribution in [1.29, 1.82) is 0 Å². The van der Waals surface area contributed by atoms with E-state index in [9.17, 15) is 14.6 Å². The Bertz CT molecular complexity index is 566. The topological polar surface area (TPSA) is 71.2 Å². The Morgan fingerprint density at radius 1 is 1.30 bits per heavy atom. The normalized spacial score (nSPS) is 12.9.